The fourth-order valence-corrected chi connectivity index (χ4v) is 3.86. The van der Waals surface area contributed by atoms with Crippen LogP contribution in [0.15, 0.2) is 22.7 Å². The van der Waals surface area contributed by atoms with E-state index in [9.17, 15) is 0 Å². The van der Waals surface area contributed by atoms with Gasteiger partial charge in [0.15, 0.2) is 0 Å². The highest BCUT2D eigenvalue weighted by Crippen LogP contribution is 2.32. The molecule has 2 nitrogen and oxygen atoms in total. The van der Waals surface area contributed by atoms with E-state index in [0.29, 0.717) is 18.5 Å². The molecule has 3 atom stereocenters. The molecule has 106 valence electrons. The summed E-state index contributed by atoms with van der Waals surface area (Å²) in [5, 5.41) is 3.65. The Morgan fingerprint density at radius 3 is 2.79 bits per heavy atom. The lowest BCUT2D eigenvalue weighted by Crippen LogP contribution is -2.38. The van der Waals surface area contributed by atoms with Crippen LogP contribution < -0.4 is 11.1 Å². The summed E-state index contributed by atoms with van der Waals surface area (Å²) in [5.74, 6) is 1.56. The van der Waals surface area contributed by atoms with Crippen molar-refractivity contribution in [2.75, 3.05) is 11.9 Å². The first-order valence-electron chi connectivity index (χ1n) is 7.32. The largest absolute Gasteiger partial charge is 0.381 e. The van der Waals surface area contributed by atoms with Crippen LogP contribution in [0.2, 0.25) is 0 Å². The van der Waals surface area contributed by atoms with Gasteiger partial charge < -0.3 is 11.1 Å². The van der Waals surface area contributed by atoms with Gasteiger partial charge in [-0.15, -0.1) is 0 Å². The number of benzene rings is 1. The summed E-state index contributed by atoms with van der Waals surface area (Å²) in [6.45, 7) is 5.20. The lowest BCUT2D eigenvalue weighted by molar-refractivity contribution is 0.257. The molecule has 0 bridgehead atoms. The third-order valence-electron chi connectivity index (χ3n) is 4.19. The third kappa shape index (κ3) is 4.22. The highest BCUT2D eigenvalue weighted by molar-refractivity contribution is 9.10. The first-order valence-corrected chi connectivity index (χ1v) is 8.11. The van der Waals surface area contributed by atoms with Crippen molar-refractivity contribution in [1.29, 1.82) is 0 Å². The molecule has 1 fully saturated rings. The number of halogens is 1. The maximum Gasteiger partial charge on any atom is 0.0412 e. The Hall–Kier alpha value is -0.540. The van der Waals surface area contributed by atoms with Gasteiger partial charge in [-0.2, -0.15) is 0 Å². The molecule has 0 aliphatic heterocycles. The Labute approximate surface area is 125 Å². The van der Waals surface area contributed by atoms with Gasteiger partial charge in [0, 0.05) is 22.7 Å². The normalized spacial score (nSPS) is 25.1. The number of anilines is 1. The highest BCUT2D eigenvalue weighted by atomic mass is 79.9. The Morgan fingerprint density at radius 1 is 1.37 bits per heavy atom. The van der Waals surface area contributed by atoms with Gasteiger partial charge in [0.2, 0.25) is 0 Å². The minimum absolute atomic E-state index is 0.399. The Balaban J connectivity index is 2.05. The van der Waals surface area contributed by atoms with Crippen molar-refractivity contribution in [3.05, 3.63) is 28.2 Å². The molecule has 0 amide bonds. The molecule has 3 heteroatoms. The number of nitrogens with one attached hydrogen (secondary N) is 1. The number of aryl methyl sites for hydroxylation is 1. The van der Waals surface area contributed by atoms with Gasteiger partial charge in [0.25, 0.3) is 0 Å². The molecule has 0 aromatic heterocycles. The predicted octanol–water partition coefficient (Wildman–Crippen LogP) is 4.32. The molecule has 1 aromatic rings. The van der Waals surface area contributed by atoms with Crippen molar-refractivity contribution in [3.63, 3.8) is 0 Å². The predicted molar refractivity (Wildman–Crippen MR) is 86.5 cm³/mol. The molecule has 2 rings (SSSR count). The molecule has 1 aromatic carbocycles. The van der Waals surface area contributed by atoms with Crippen LogP contribution in [-0.2, 0) is 0 Å². The van der Waals surface area contributed by atoms with E-state index >= 15 is 0 Å². The lowest BCUT2D eigenvalue weighted by atomic mass is 9.78. The van der Waals surface area contributed by atoms with Gasteiger partial charge in [-0.3, -0.25) is 0 Å². The third-order valence-corrected chi connectivity index (χ3v) is 4.65. The molecule has 1 saturated carbocycles. The van der Waals surface area contributed by atoms with Crippen molar-refractivity contribution in [2.24, 2.45) is 17.6 Å². The Kier molecular flexibility index (Phi) is 5.28. The molecule has 0 heterocycles. The second kappa shape index (κ2) is 6.76. The summed E-state index contributed by atoms with van der Waals surface area (Å²) in [5.41, 5.74) is 8.45. The fourth-order valence-electron chi connectivity index (χ4n) is 3.25. The molecule has 1 aliphatic carbocycles. The molecule has 3 unspecified atom stereocenters. The van der Waals surface area contributed by atoms with Crippen molar-refractivity contribution in [1.82, 2.24) is 0 Å². The first kappa shape index (κ1) is 14.9. The molecule has 0 radical (unpaired) electrons. The van der Waals surface area contributed by atoms with Crippen LogP contribution in [0.5, 0.6) is 0 Å². The summed E-state index contributed by atoms with van der Waals surface area (Å²) < 4.78 is 1.13. The van der Waals surface area contributed by atoms with Gasteiger partial charge in [0.05, 0.1) is 0 Å². The second-order valence-corrected chi connectivity index (χ2v) is 6.95. The van der Waals surface area contributed by atoms with Crippen LogP contribution in [-0.4, -0.2) is 12.6 Å². The van der Waals surface area contributed by atoms with Gasteiger partial charge in [-0.05, 0) is 55.4 Å². The van der Waals surface area contributed by atoms with Crippen LogP contribution in [0.4, 0.5) is 5.69 Å². The number of hydrogen-bond donors (Lipinski definition) is 2. The van der Waals surface area contributed by atoms with Crippen molar-refractivity contribution in [2.45, 2.75) is 45.6 Å². The van der Waals surface area contributed by atoms with Gasteiger partial charge in [0.1, 0.15) is 0 Å². The van der Waals surface area contributed by atoms with E-state index in [1.54, 1.807) is 0 Å². The van der Waals surface area contributed by atoms with Crippen LogP contribution in [0.25, 0.3) is 0 Å². The van der Waals surface area contributed by atoms with E-state index in [-0.39, 0.29) is 0 Å². The summed E-state index contributed by atoms with van der Waals surface area (Å²) in [6.07, 6.45) is 5.35. The smallest absolute Gasteiger partial charge is 0.0412 e. The maximum atomic E-state index is 6.00. The Morgan fingerprint density at radius 2 is 2.16 bits per heavy atom. The first-order chi connectivity index (χ1) is 9.08. The average molecular weight is 325 g/mol. The van der Waals surface area contributed by atoms with Crippen LogP contribution in [0, 0.1) is 18.8 Å². The topological polar surface area (TPSA) is 38.0 Å². The van der Waals surface area contributed by atoms with Crippen LogP contribution in [0.1, 0.15) is 38.2 Å². The van der Waals surface area contributed by atoms with Gasteiger partial charge >= 0.3 is 0 Å². The quantitative estimate of drug-likeness (QED) is 0.865. The number of nitrogens with two attached hydrogens (primary N) is 1. The van der Waals surface area contributed by atoms with Crippen LogP contribution in [0.3, 0.4) is 0 Å². The molecule has 0 saturated heterocycles. The minimum atomic E-state index is 0.399. The zero-order valence-electron chi connectivity index (χ0n) is 12.0. The molecular formula is C16H25BrN2. The van der Waals surface area contributed by atoms with Gasteiger partial charge in [-0.25, -0.2) is 0 Å². The summed E-state index contributed by atoms with van der Waals surface area (Å²) >= 11 is 3.56. The number of rotatable bonds is 4. The van der Waals surface area contributed by atoms with Crippen molar-refractivity contribution < 1.29 is 0 Å². The van der Waals surface area contributed by atoms with E-state index in [4.69, 9.17) is 5.73 Å². The van der Waals surface area contributed by atoms with Gasteiger partial charge in [-0.1, -0.05) is 35.7 Å². The monoisotopic (exact) mass is 324 g/mol. The molecule has 3 N–H and O–H groups in total. The number of hydrogen-bond acceptors (Lipinski definition) is 2. The molecular weight excluding hydrogens is 300 g/mol. The average Bonchev–Trinajstić information content (AvgIpc) is 2.34. The fraction of sp³-hybridized carbons (Fsp3) is 0.625. The summed E-state index contributed by atoms with van der Waals surface area (Å²) in [4.78, 5) is 0. The minimum Gasteiger partial charge on any atom is -0.381 e. The summed E-state index contributed by atoms with van der Waals surface area (Å²) in [7, 11) is 0. The SMILES string of the molecule is Cc1cc(Br)cc(NC(CN)C2CCCC(C)C2)c1. The van der Waals surface area contributed by atoms with Crippen molar-refractivity contribution in [3.8, 4) is 0 Å². The van der Waals surface area contributed by atoms with E-state index < -0.39 is 0 Å². The van der Waals surface area contributed by atoms with Crippen molar-refractivity contribution >= 4 is 21.6 Å². The van der Waals surface area contributed by atoms with E-state index in [1.165, 1.54) is 36.9 Å². The summed E-state index contributed by atoms with van der Waals surface area (Å²) in [6, 6.07) is 6.86. The van der Waals surface area contributed by atoms with E-state index in [1.807, 2.05) is 0 Å². The van der Waals surface area contributed by atoms with Crippen LogP contribution >= 0.6 is 15.9 Å². The lowest BCUT2D eigenvalue weighted by Gasteiger charge is -2.33. The second-order valence-electron chi connectivity index (χ2n) is 6.04. The standard InChI is InChI=1S/C16H25BrN2/c1-11-4-3-5-13(6-11)16(10-18)19-15-8-12(2)7-14(17)9-15/h7-9,11,13,16,19H,3-6,10,18H2,1-2H3. The van der Waals surface area contributed by atoms with E-state index in [0.717, 1.165) is 10.4 Å². The van der Waals surface area contributed by atoms with E-state index in [2.05, 4.69) is 53.3 Å². The Bertz CT molecular complexity index is 399. The highest BCUT2D eigenvalue weighted by Gasteiger charge is 2.25. The molecule has 19 heavy (non-hydrogen) atoms. The zero-order valence-corrected chi connectivity index (χ0v) is 13.5. The maximum absolute atomic E-state index is 6.00. The zero-order chi connectivity index (χ0) is 13.8. The molecule has 1 aliphatic rings. The molecule has 0 spiro atoms.